The van der Waals surface area contributed by atoms with E-state index >= 15 is 0 Å². The molecule has 11 heavy (non-hydrogen) atoms. The summed E-state index contributed by atoms with van der Waals surface area (Å²) in [6, 6.07) is 0. The minimum Gasteiger partial charge on any atom is -0.310 e. The summed E-state index contributed by atoms with van der Waals surface area (Å²) in [6.07, 6.45) is 6.57. The minimum atomic E-state index is 0.611. The summed E-state index contributed by atoms with van der Waals surface area (Å²) in [6.45, 7) is 4.29. The molecule has 1 aliphatic rings. The Balaban J connectivity index is 2.40. The third-order valence-corrected chi connectivity index (χ3v) is 2.87. The Labute approximate surface area is 69.7 Å². The van der Waals surface area contributed by atoms with Gasteiger partial charge >= 0.3 is 0 Å². The SMILES string of the molecule is CC(=N)[C@H]1CCC[C@H](C)CC1. The van der Waals surface area contributed by atoms with Crippen LogP contribution in [0.2, 0.25) is 0 Å². The first-order chi connectivity index (χ1) is 5.20. The molecule has 0 spiro atoms. The Morgan fingerprint density at radius 3 is 2.55 bits per heavy atom. The molecule has 1 fully saturated rings. The Morgan fingerprint density at radius 2 is 1.91 bits per heavy atom. The molecule has 1 N–H and O–H groups in total. The van der Waals surface area contributed by atoms with Crippen LogP contribution in [0, 0.1) is 17.2 Å². The van der Waals surface area contributed by atoms with Crippen LogP contribution in [-0.4, -0.2) is 5.71 Å². The first-order valence-electron chi connectivity index (χ1n) is 4.75. The molecular formula is C10H19N. The van der Waals surface area contributed by atoms with Gasteiger partial charge in [-0.2, -0.15) is 0 Å². The molecule has 0 aromatic heterocycles. The highest BCUT2D eigenvalue weighted by Gasteiger charge is 2.16. The summed E-state index contributed by atoms with van der Waals surface area (Å²) < 4.78 is 0. The monoisotopic (exact) mass is 153 g/mol. The molecule has 0 aliphatic heterocycles. The highest BCUT2D eigenvalue weighted by molar-refractivity contribution is 5.81. The Hall–Kier alpha value is -0.330. The van der Waals surface area contributed by atoms with E-state index in [-0.39, 0.29) is 0 Å². The Morgan fingerprint density at radius 1 is 1.18 bits per heavy atom. The fourth-order valence-corrected chi connectivity index (χ4v) is 1.92. The third-order valence-electron chi connectivity index (χ3n) is 2.87. The number of hydrogen-bond acceptors (Lipinski definition) is 1. The molecule has 0 unspecified atom stereocenters. The van der Waals surface area contributed by atoms with Crippen LogP contribution in [0.15, 0.2) is 0 Å². The van der Waals surface area contributed by atoms with E-state index in [0.29, 0.717) is 5.92 Å². The van der Waals surface area contributed by atoms with E-state index in [9.17, 15) is 0 Å². The van der Waals surface area contributed by atoms with Gasteiger partial charge in [0.2, 0.25) is 0 Å². The zero-order chi connectivity index (χ0) is 8.27. The molecule has 1 rings (SSSR count). The second-order valence-electron chi connectivity index (χ2n) is 3.99. The van der Waals surface area contributed by atoms with Crippen molar-refractivity contribution in [3.8, 4) is 0 Å². The molecule has 1 heteroatoms. The molecule has 0 radical (unpaired) electrons. The quantitative estimate of drug-likeness (QED) is 0.441. The van der Waals surface area contributed by atoms with Gasteiger partial charge in [0.15, 0.2) is 0 Å². The van der Waals surface area contributed by atoms with Gasteiger partial charge in [-0.1, -0.05) is 26.2 Å². The van der Waals surface area contributed by atoms with Crippen LogP contribution in [-0.2, 0) is 0 Å². The predicted octanol–water partition coefficient (Wildman–Crippen LogP) is 3.24. The van der Waals surface area contributed by atoms with Crippen molar-refractivity contribution in [2.45, 2.75) is 46.0 Å². The molecule has 0 aromatic carbocycles. The average Bonchev–Trinajstić information content (AvgIpc) is 2.13. The zero-order valence-electron chi connectivity index (χ0n) is 7.69. The average molecular weight is 153 g/mol. The van der Waals surface area contributed by atoms with E-state index < -0.39 is 0 Å². The lowest BCUT2D eigenvalue weighted by Crippen LogP contribution is -2.08. The molecule has 1 nitrogen and oxygen atoms in total. The second kappa shape index (κ2) is 3.89. The van der Waals surface area contributed by atoms with E-state index in [0.717, 1.165) is 11.6 Å². The van der Waals surface area contributed by atoms with Gasteiger partial charge < -0.3 is 5.41 Å². The van der Waals surface area contributed by atoms with Crippen molar-refractivity contribution in [3.05, 3.63) is 0 Å². The Bertz CT molecular complexity index is 140. The summed E-state index contributed by atoms with van der Waals surface area (Å²) in [5.41, 5.74) is 0.902. The minimum absolute atomic E-state index is 0.611. The second-order valence-corrected chi connectivity index (χ2v) is 3.99. The molecular weight excluding hydrogens is 134 g/mol. The predicted molar refractivity (Wildman–Crippen MR) is 49.1 cm³/mol. The fraction of sp³-hybridized carbons (Fsp3) is 0.900. The molecule has 0 heterocycles. The zero-order valence-corrected chi connectivity index (χ0v) is 7.69. The molecule has 1 saturated carbocycles. The van der Waals surface area contributed by atoms with Gasteiger partial charge in [0.25, 0.3) is 0 Å². The van der Waals surface area contributed by atoms with Crippen molar-refractivity contribution in [3.63, 3.8) is 0 Å². The first-order valence-corrected chi connectivity index (χ1v) is 4.75. The van der Waals surface area contributed by atoms with E-state index in [1.807, 2.05) is 6.92 Å². The molecule has 64 valence electrons. The normalized spacial score (nSPS) is 32.9. The standard InChI is InChI=1S/C10H19N/c1-8-4-3-5-10(7-6-8)9(2)11/h8,10-11H,3-7H2,1-2H3/t8-,10-/m0/s1. The summed E-state index contributed by atoms with van der Waals surface area (Å²) in [4.78, 5) is 0. The van der Waals surface area contributed by atoms with E-state index in [1.54, 1.807) is 0 Å². The fourth-order valence-electron chi connectivity index (χ4n) is 1.92. The van der Waals surface area contributed by atoms with Crippen molar-refractivity contribution in [2.75, 3.05) is 0 Å². The maximum atomic E-state index is 7.55. The van der Waals surface area contributed by atoms with Crippen LogP contribution in [0.3, 0.4) is 0 Å². The highest BCUT2D eigenvalue weighted by Crippen LogP contribution is 2.27. The van der Waals surface area contributed by atoms with Crippen molar-refractivity contribution in [1.29, 1.82) is 5.41 Å². The number of nitrogens with one attached hydrogen (secondary N) is 1. The first kappa shape index (κ1) is 8.76. The van der Waals surface area contributed by atoms with Crippen LogP contribution in [0.1, 0.15) is 46.0 Å². The van der Waals surface area contributed by atoms with E-state index in [4.69, 9.17) is 5.41 Å². The largest absolute Gasteiger partial charge is 0.310 e. The van der Waals surface area contributed by atoms with Crippen molar-refractivity contribution >= 4 is 5.71 Å². The summed E-state index contributed by atoms with van der Waals surface area (Å²) in [5.74, 6) is 1.51. The number of rotatable bonds is 1. The highest BCUT2D eigenvalue weighted by atomic mass is 14.4. The van der Waals surface area contributed by atoms with Gasteiger partial charge in [-0.15, -0.1) is 0 Å². The smallest absolute Gasteiger partial charge is 0.00891 e. The van der Waals surface area contributed by atoms with Crippen molar-refractivity contribution in [1.82, 2.24) is 0 Å². The van der Waals surface area contributed by atoms with Gasteiger partial charge in [-0.25, -0.2) is 0 Å². The van der Waals surface area contributed by atoms with Crippen molar-refractivity contribution in [2.24, 2.45) is 11.8 Å². The lowest BCUT2D eigenvalue weighted by atomic mass is 9.95. The summed E-state index contributed by atoms with van der Waals surface area (Å²) >= 11 is 0. The van der Waals surface area contributed by atoms with Crippen LogP contribution in [0.25, 0.3) is 0 Å². The van der Waals surface area contributed by atoms with Gasteiger partial charge in [0, 0.05) is 5.71 Å². The third kappa shape index (κ3) is 2.64. The van der Waals surface area contributed by atoms with Crippen LogP contribution in [0.5, 0.6) is 0 Å². The van der Waals surface area contributed by atoms with Gasteiger partial charge in [-0.05, 0) is 31.6 Å². The lowest BCUT2D eigenvalue weighted by molar-refractivity contribution is 0.498. The van der Waals surface area contributed by atoms with Crippen LogP contribution >= 0.6 is 0 Å². The topological polar surface area (TPSA) is 23.9 Å². The van der Waals surface area contributed by atoms with E-state index in [2.05, 4.69) is 6.92 Å². The molecule has 2 atom stereocenters. The summed E-state index contributed by atoms with van der Waals surface area (Å²) in [7, 11) is 0. The Kier molecular flexibility index (Phi) is 3.10. The molecule has 0 aromatic rings. The maximum absolute atomic E-state index is 7.55. The lowest BCUT2D eigenvalue weighted by Gasteiger charge is -2.11. The molecule has 1 aliphatic carbocycles. The van der Waals surface area contributed by atoms with Crippen LogP contribution < -0.4 is 0 Å². The van der Waals surface area contributed by atoms with E-state index in [1.165, 1.54) is 32.1 Å². The molecule has 0 amide bonds. The summed E-state index contributed by atoms with van der Waals surface area (Å²) in [5, 5.41) is 7.55. The number of hydrogen-bond donors (Lipinski definition) is 1. The molecule has 0 saturated heterocycles. The maximum Gasteiger partial charge on any atom is 0.00891 e. The van der Waals surface area contributed by atoms with Gasteiger partial charge in [0.05, 0.1) is 0 Å². The van der Waals surface area contributed by atoms with Crippen LogP contribution in [0.4, 0.5) is 0 Å². The van der Waals surface area contributed by atoms with Gasteiger partial charge in [-0.3, -0.25) is 0 Å². The van der Waals surface area contributed by atoms with Gasteiger partial charge in [0.1, 0.15) is 0 Å². The molecule has 0 bridgehead atoms. The van der Waals surface area contributed by atoms with Crippen molar-refractivity contribution < 1.29 is 0 Å².